The molecule has 3 aromatic carbocycles. The summed E-state index contributed by atoms with van der Waals surface area (Å²) in [5.41, 5.74) is 4.08. The number of aromatic nitrogens is 2. The molecular formula is C45H44F3N9O6S. The van der Waals surface area contributed by atoms with Crippen molar-refractivity contribution in [2.45, 2.75) is 44.1 Å². The van der Waals surface area contributed by atoms with Gasteiger partial charge in [-0.2, -0.15) is 0 Å². The van der Waals surface area contributed by atoms with Gasteiger partial charge in [-0.3, -0.25) is 34.1 Å². The number of benzene rings is 3. The summed E-state index contributed by atoms with van der Waals surface area (Å²) in [5.74, 6) is -3.74. The highest BCUT2D eigenvalue weighted by Gasteiger charge is 2.42. The van der Waals surface area contributed by atoms with Crippen LogP contribution in [0.5, 0.6) is 5.75 Å². The zero-order valence-electron chi connectivity index (χ0n) is 34.7. The first kappa shape index (κ1) is 41.7. The van der Waals surface area contributed by atoms with E-state index in [1.165, 1.54) is 22.5 Å². The number of H-pyrrole nitrogens is 1. The van der Waals surface area contributed by atoms with Crippen LogP contribution in [0.3, 0.4) is 0 Å². The molecule has 3 atom stereocenters. The number of carbonyl (C=O) groups is 4. The smallest absolute Gasteiger partial charge is 0.258 e. The third kappa shape index (κ3) is 7.53. The van der Waals surface area contributed by atoms with Crippen molar-refractivity contribution in [2.24, 2.45) is 0 Å². The molecule has 10 rings (SSSR count). The molecule has 64 heavy (non-hydrogen) atoms. The number of ketones is 1. The molecule has 0 radical (unpaired) electrons. The Balaban J connectivity index is 0.763. The molecule has 3 amide bonds. The van der Waals surface area contributed by atoms with Crippen molar-refractivity contribution >= 4 is 62.8 Å². The number of imide groups is 1. The van der Waals surface area contributed by atoms with E-state index in [4.69, 9.17) is 4.74 Å². The largest absolute Gasteiger partial charge is 0.496 e. The van der Waals surface area contributed by atoms with Gasteiger partial charge in [0.1, 0.15) is 29.4 Å². The summed E-state index contributed by atoms with van der Waals surface area (Å²) >= 11 is -1.98. The number of alkyl halides is 1. The number of hydrogen-bond donors (Lipinski definition) is 3. The van der Waals surface area contributed by atoms with Crippen LogP contribution >= 0.6 is 0 Å². The maximum Gasteiger partial charge on any atom is 0.258 e. The van der Waals surface area contributed by atoms with E-state index in [0.717, 1.165) is 73.9 Å². The number of amides is 3. The average Bonchev–Trinajstić information content (AvgIpc) is 4.00. The fraction of sp³-hybridized carbons (Fsp3) is 0.356. The minimum absolute atomic E-state index is 0.0196. The number of methoxy groups -OCH3 is 1. The molecule has 5 aliphatic heterocycles. The monoisotopic (exact) mass is 895 g/mol. The summed E-state index contributed by atoms with van der Waals surface area (Å²) in [6.07, 6.45) is 2.57. The predicted molar refractivity (Wildman–Crippen MR) is 233 cm³/mol. The molecule has 3 N–H and O–H groups in total. The summed E-state index contributed by atoms with van der Waals surface area (Å²) in [6.45, 7) is 5.48. The lowest BCUT2D eigenvalue weighted by atomic mass is 9.99. The number of nitrogens with one attached hydrogen (secondary N) is 3. The number of carbonyl (C=O) groups excluding carboxylic acids is 4. The van der Waals surface area contributed by atoms with E-state index >= 15 is 8.78 Å². The molecule has 3 unspecified atom stereocenters. The number of piperidine rings is 1. The molecule has 2 aromatic heterocycles. The number of hydrogen-bond acceptors (Lipinski definition) is 10. The van der Waals surface area contributed by atoms with Crippen LogP contribution in [0.1, 0.15) is 51.1 Å². The molecule has 4 saturated heterocycles. The van der Waals surface area contributed by atoms with Gasteiger partial charge in [-0.1, -0.05) is 12.1 Å². The number of fused-ring (bicyclic) bond motifs is 2. The Hall–Kier alpha value is -6.31. The van der Waals surface area contributed by atoms with E-state index in [-0.39, 0.29) is 55.5 Å². The van der Waals surface area contributed by atoms with E-state index in [9.17, 15) is 27.8 Å². The Morgan fingerprint density at radius 3 is 2.41 bits per heavy atom. The SMILES string of the molecule is COc1cc(N2CC(N3CCN(c4ccc(-c5cnc6[nH]cc(C(=O)c7c(F)ccc(NS(=O)N8CCC(F)C8)c7F)c6c5)cc4)CC3)C2)cc2c1C(=O)N(C1CCC(=O)NC1=O)C2. The molecule has 5 aliphatic rings. The summed E-state index contributed by atoms with van der Waals surface area (Å²) < 4.78 is 66.7. The summed E-state index contributed by atoms with van der Waals surface area (Å²) in [4.78, 5) is 67.5. The minimum Gasteiger partial charge on any atom is -0.496 e. The fourth-order valence-electron chi connectivity index (χ4n) is 9.43. The van der Waals surface area contributed by atoms with Crippen LogP contribution in [0.2, 0.25) is 0 Å². The number of aromatic amines is 1. The van der Waals surface area contributed by atoms with Gasteiger partial charge in [0.05, 0.1) is 23.9 Å². The van der Waals surface area contributed by atoms with Gasteiger partial charge in [0.25, 0.3) is 5.91 Å². The number of halogens is 3. The second-order valence-electron chi connectivity index (χ2n) is 16.8. The number of piperazine rings is 1. The Morgan fingerprint density at radius 1 is 0.906 bits per heavy atom. The molecule has 0 saturated carbocycles. The van der Waals surface area contributed by atoms with Gasteiger partial charge in [0.15, 0.2) is 17.0 Å². The zero-order valence-corrected chi connectivity index (χ0v) is 35.6. The molecule has 0 bridgehead atoms. The molecule has 4 fully saturated rings. The second-order valence-corrected chi connectivity index (χ2v) is 18.0. The lowest BCUT2D eigenvalue weighted by Crippen LogP contribution is -2.63. The van der Waals surface area contributed by atoms with Crippen LogP contribution in [0, 0.1) is 11.6 Å². The number of anilines is 3. The quantitative estimate of drug-likeness (QED) is 0.127. The Kier molecular flexibility index (Phi) is 10.9. The number of nitrogens with zero attached hydrogens (tertiary/aromatic N) is 6. The first-order valence-corrected chi connectivity index (χ1v) is 22.3. The highest BCUT2D eigenvalue weighted by atomic mass is 32.2. The van der Waals surface area contributed by atoms with Crippen LogP contribution in [0.15, 0.2) is 67.0 Å². The molecule has 15 nitrogen and oxygen atoms in total. The van der Waals surface area contributed by atoms with Crippen molar-refractivity contribution in [1.82, 2.24) is 29.4 Å². The van der Waals surface area contributed by atoms with Gasteiger partial charge in [0, 0.05) is 118 Å². The van der Waals surface area contributed by atoms with Crippen molar-refractivity contribution in [3.8, 4) is 16.9 Å². The van der Waals surface area contributed by atoms with Gasteiger partial charge in [-0.25, -0.2) is 26.7 Å². The minimum atomic E-state index is -1.98. The highest BCUT2D eigenvalue weighted by molar-refractivity contribution is 7.84. The maximum atomic E-state index is 15.7. The molecular weight excluding hydrogens is 852 g/mol. The van der Waals surface area contributed by atoms with Crippen LogP contribution in [-0.2, 0) is 27.3 Å². The van der Waals surface area contributed by atoms with Gasteiger partial charge in [0.2, 0.25) is 17.6 Å². The van der Waals surface area contributed by atoms with Crippen molar-refractivity contribution in [2.75, 3.05) is 74.0 Å². The van der Waals surface area contributed by atoms with Gasteiger partial charge >= 0.3 is 0 Å². The summed E-state index contributed by atoms with van der Waals surface area (Å²) in [5, 5.41) is 2.73. The second kappa shape index (κ2) is 16.7. The van der Waals surface area contributed by atoms with E-state index in [1.54, 1.807) is 12.3 Å². The topological polar surface area (TPSA) is 164 Å². The first-order valence-electron chi connectivity index (χ1n) is 21.2. The molecule has 19 heteroatoms. The molecule has 0 aliphatic carbocycles. The van der Waals surface area contributed by atoms with Crippen molar-refractivity contribution in [1.29, 1.82) is 0 Å². The maximum absolute atomic E-state index is 15.7. The molecule has 5 aromatic rings. The van der Waals surface area contributed by atoms with Gasteiger partial charge < -0.3 is 24.4 Å². The number of ether oxygens (including phenoxy) is 1. The lowest BCUT2D eigenvalue weighted by molar-refractivity contribution is -0.136. The van der Waals surface area contributed by atoms with Crippen molar-refractivity contribution in [3.63, 3.8) is 0 Å². The van der Waals surface area contributed by atoms with Crippen LogP contribution in [0.25, 0.3) is 22.2 Å². The first-order chi connectivity index (χ1) is 30.9. The third-order valence-electron chi connectivity index (χ3n) is 13.0. The van der Waals surface area contributed by atoms with Crippen LogP contribution in [0.4, 0.5) is 30.2 Å². The third-order valence-corrected chi connectivity index (χ3v) is 14.2. The predicted octanol–water partition coefficient (Wildman–Crippen LogP) is 4.55. The fourth-order valence-corrected chi connectivity index (χ4v) is 10.5. The molecule has 7 heterocycles. The van der Waals surface area contributed by atoms with Crippen LogP contribution < -0.4 is 24.6 Å². The standard InChI is InChI=1S/C45H44F3N9O6S/c1-63-37-18-30(16-27-21-57(45(61)39(27)37)36-8-9-38(58)51-44(36)60)55-23-31(24-55)54-14-12-53(13-15-54)29-4-2-25(3-5-29)26-17-32-33(20-50-43(32)49-19-26)42(59)40-34(47)6-7-35(41(40)48)52-64(62)56-11-10-28(46)22-56/h2-7,16-20,28,31,36,52H,8-15,21-24H2,1H3,(H,49,50)(H,51,58,60). The Morgan fingerprint density at radius 2 is 1.69 bits per heavy atom. The highest BCUT2D eigenvalue weighted by Crippen LogP contribution is 2.39. The van der Waals surface area contributed by atoms with E-state index in [2.05, 4.69) is 34.7 Å². The zero-order chi connectivity index (χ0) is 44.4. The Bertz CT molecular complexity index is 2740. The molecule has 332 valence electrons. The lowest BCUT2D eigenvalue weighted by Gasteiger charge is -2.49. The van der Waals surface area contributed by atoms with Crippen LogP contribution in [-0.4, -0.2) is 130 Å². The van der Waals surface area contributed by atoms with E-state index < -0.39 is 52.3 Å². The normalized spacial score (nSPS) is 21.3. The average molecular weight is 896 g/mol. The number of rotatable bonds is 11. The van der Waals surface area contributed by atoms with E-state index in [0.29, 0.717) is 40.4 Å². The number of pyridine rings is 1. The molecule has 0 spiro atoms. The van der Waals surface area contributed by atoms with Crippen molar-refractivity contribution in [3.05, 3.63) is 101 Å². The summed E-state index contributed by atoms with van der Waals surface area (Å²) in [7, 11) is 1.54. The van der Waals surface area contributed by atoms with Gasteiger partial charge in [-0.15, -0.1) is 0 Å². The van der Waals surface area contributed by atoms with Crippen molar-refractivity contribution < 1.29 is 41.3 Å². The summed E-state index contributed by atoms with van der Waals surface area (Å²) in [6, 6.07) is 15.4. The van der Waals surface area contributed by atoms with E-state index in [1.807, 2.05) is 36.4 Å². The Labute approximate surface area is 368 Å². The van der Waals surface area contributed by atoms with Gasteiger partial charge in [-0.05, 0) is 60.4 Å².